The molecule has 0 spiro atoms. The summed E-state index contributed by atoms with van der Waals surface area (Å²) < 4.78 is 2.27. The summed E-state index contributed by atoms with van der Waals surface area (Å²) >= 11 is 0. The molecule has 0 fully saturated rings. The summed E-state index contributed by atoms with van der Waals surface area (Å²) in [6, 6.07) is 24.8. The lowest BCUT2D eigenvalue weighted by Crippen LogP contribution is -2.17. The lowest BCUT2D eigenvalue weighted by molar-refractivity contribution is 0.866. The summed E-state index contributed by atoms with van der Waals surface area (Å²) in [4.78, 5) is 13.3. The Hall–Kier alpha value is -3.13. The standard InChI is InChI=1S/C26H25NO/c1-17(2)22-11-8-12-23-25(22)27(21-15-13-18(3)14-16-21)24(19(4)26(23)28)20-9-6-5-7-10-20/h5-17H,1-4H3. The highest BCUT2D eigenvalue weighted by Gasteiger charge is 2.19. The van der Waals surface area contributed by atoms with E-state index >= 15 is 0 Å². The van der Waals surface area contributed by atoms with Gasteiger partial charge in [-0.3, -0.25) is 4.79 Å². The first-order valence-corrected chi connectivity index (χ1v) is 9.79. The molecule has 0 aliphatic rings. The number of hydrogen-bond donors (Lipinski definition) is 0. The molecule has 4 aromatic rings. The monoisotopic (exact) mass is 367 g/mol. The van der Waals surface area contributed by atoms with Crippen LogP contribution in [0.4, 0.5) is 0 Å². The van der Waals surface area contributed by atoms with Gasteiger partial charge in [0.1, 0.15) is 0 Å². The Kier molecular flexibility index (Phi) is 4.64. The van der Waals surface area contributed by atoms with Crippen molar-refractivity contribution in [2.24, 2.45) is 0 Å². The molecule has 0 unspecified atom stereocenters. The van der Waals surface area contributed by atoms with E-state index in [0.717, 1.165) is 33.4 Å². The topological polar surface area (TPSA) is 22.0 Å². The molecule has 1 aromatic heterocycles. The fourth-order valence-corrected chi connectivity index (χ4v) is 3.94. The van der Waals surface area contributed by atoms with E-state index in [1.165, 1.54) is 11.1 Å². The van der Waals surface area contributed by atoms with E-state index in [1.54, 1.807) is 0 Å². The van der Waals surface area contributed by atoms with E-state index in [2.05, 4.69) is 67.8 Å². The number of pyridine rings is 1. The van der Waals surface area contributed by atoms with Crippen LogP contribution >= 0.6 is 0 Å². The number of fused-ring (bicyclic) bond motifs is 1. The van der Waals surface area contributed by atoms with Gasteiger partial charge in [-0.1, -0.05) is 74.0 Å². The highest BCUT2D eigenvalue weighted by molar-refractivity contribution is 5.89. The van der Waals surface area contributed by atoms with Crippen molar-refractivity contribution in [3.8, 4) is 16.9 Å². The number of hydrogen-bond acceptors (Lipinski definition) is 1. The van der Waals surface area contributed by atoms with Gasteiger partial charge in [0.2, 0.25) is 0 Å². The third kappa shape index (κ3) is 2.95. The number of para-hydroxylation sites is 1. The molecule has 2 heteroatoms. The van der Waals surface area contributed by atoms with Crippen molar-refractivity contribution < 1.29 is 0 Å². The van der Waals surface area contributed by atoms with Crippen LogP contribution in [0.15, 0.2) is 77.6 Å². The summed E-state index contributed by atoms with van der Waals surface area (Å²) in [6.07, 6.45) is 0. The van der Waals surface area contributed by atoms with E-state index < -0.39 is 0 Å². The minimum atomic E-state index is 0.111. The van der Waals surface area contributed by atoms with Gasteiger partial charge < -0.3 is 4.57 Å². The third-order valence-corrected chi connectivity index (χ3v) is 5.42. The second-order valence-corrected chi connectivity index (χ2v) is 7.74. The minimum Gasteiger partial charge on any atom is -0.308 e. The van der Waals surface area contributed by atoms with Crippen LogP contribution in [-0.4, -0.2) is 4.57 Å². The van der Waals surface area contributed by atoms with Crippen molar-refractivity contribution >= 4 is 10.9 Å². The first-order chi connectivity index (χ1) is 13.5. The van der Waals surface area contributed by atoms with Crippen LogP contribution in [-0.2, 0) is 0 Å². The van der Waals surface area contributed by atoms with E-state index in [-0.39, 0.29) is 5.43 Å². The largest absolute Gasteiger partial charge is 0.308 e. The van der Waals surface area contributed by atoms with Crippen LogP contribution in [0.1, 0.15) is 36.5 Å². The van der Waals surface area contributed by atoms with Crippen molar-refractivity contribution in [1.29, 1.82) is 0 Å². The lowest BCUT2D eigenvalue weighted by atomic mass is 9.95. The smallest absolute Gasteiger partial charge is 0.192 e. The van der Waals surface area contributed by atoms with Crippen LogP contribution in [0, 0.1) is 13.8 Å². The molecule has 1 heterocycles. The average molecular weight is 367 g/mol. The van der Waals surface area contributed by atoms with Gasteiger partial charge in [-0.25, -0.2) is 0 Å². The molecule has 0 amide bonds. The molecule has 0 aliphatic carbocycles. The maximum Gasteiger partial charge on any atom is 0.192 e. The first-order valence-electron chi connectivity index (χ1n) is 9.79. The third-order valence-electron chi connectivity index (χ3n) is 5.42. The number of aryl methyl sites for hydroxylation is 1. The molecule has 140 valence electrons. The predicted octanol–water partition coefficient (Wildman–Crippen LogP) is 6.40. The minimum absolute atomic E-state index is 0.111. The molecule has 3 aromatic carbocycles. The molecule has 4 rings (SSSR count). The second-order valence-electron chi connectivity index (χ2n) is 7.74. The Morgan fingerprint density at radius 1 is 0.786 bits per heavy atom. The van der Waals surface area contributed by atoms with Crippen molar-refractivity contribution in [2.45, 2.75) is 33.6 Å². The summed E-state index contributed by atoms with van der Waals surface area (Å²) in [5, 5.41) is 0.781. The molecule has 0 radical (unpaired) electrons. The van der Waals surface area contributed by atoms with Gasteiger partial charge in [0.15, 0.2) is 5.43 Å². The van der Waals surface area contributed by atoms with E-state index in [0.29, 0.717) is 5.92 Å². The molecule has 2 nitrogen and oxygen atoms in total. The Morgan fingerprint density at radius 2 is 1.46 bits per heavy atom. The number of aromatic nitrogens is 1. The number of nitrogens with zero attached hydrogens (tertiary/aromatic N) is 1. The Balaban J connectivity index is 2.26. The Labute approximate surface area is 166 Å². The summed E-state index contributed by atoms with van der Waals surface area (Å²) in [6.45, 7) is 8.40. The zero-order chi connectivity index (χ0) is 19.8. The van der Waals surface area contributed by atoms with Crippen LogP contribution < -0.4 is 5.43 Å². The predicted molar refractivity (Wildman–Crippen MR) is 119 cm³/mol. The number of benzene rings is 3. The first kappa shape index (κ1) is 18.2. The fraction of sp³-hybridized carbons (Fsp3) is 0.192. The maximum absolute atomic E-state index is 13.3. The second kappa shape index (κ2) is 7.12. The van der Waals surface area contributed by atoms with E-state index in [9.17, 15) is 4.79 Å². The zero-order valence-corrected chi connectivity index (χ0v) is 16.9. The van der Waals surface area contributed by atoms with Crippen molar-refractivity contribution in [3.63, 3.8) is 0 Å². The molecule has 0 bridgehead atoms. The van der Waals surface area contributed by atoms with E-state index in [1.807, 2.05) is 37.3 Å². The highest BCUT2D eigenvalue weighted by atomic mass is 16.1. The van der Waals surface area contributed by atoms with E-state index in [4.69, 9.17) is 0 Å². The Morgan fingerprint density at radius 3 is 2.11 bits per heavy atom. The summed E-state index contributed by atoms with van der Waals surface area (Å²) in [7, 11) is 0. The average Bonchev–Trinajstić information content (AvgIpc) is 2.71. The van der Waals surface area contributed by atoms with Crippen LogP contribution in [0.3, 0.4) is 0 Å². The normalized spacial score (nSPS) is 11.3. The Bertz CT molecular complexity index is 1200. The molecular weight excluding hydrogens is 342 g/mol. The molecule has 0 N–H and O–H groups in total. The zero-order valence-electron chi connectivity index (χ0n) is 16.9. The maximum atomic E-state index is 13.3. The quantitative estimate of drug-likeness (QED) is 0.411. The van der Waals surface area contributed by atoms with Gasteiger partial charge in [0.05, 0.1) is 11.2 Å². The van der Waals surface area contributed by atoms with Crippen LogP contribution in [0.5, 0.6) is 0 Å². The molecule has 0 saturated heterocycles. The summed E-state index contributed by atoms with van der Waals surface area (Å²) in [5.41, 5.74) is 7.40. The summed E-state index contributed by atoms with van der Waals surface area (Å²) in [5.74, 6) is 0.311. The van der Waals surface area contributed by atoms with Gasteiger partial charge in [-0.15, -0.1) is 0 Å². The molecule has 0 atom stereocenters. The van der Waals surface area contributed by atoms with Gasteiger partial charge in [-0.2, -0.15) is 0 Å². The van der Waals surface area contributed by atoms with Crippen molar-refractivity contribution in [3.05, 3.63) is 99.7 Å². The molecule has 28 heavy (non-hydrogen) atoms. The molecular formula is C26H25NO. The number of rotatable bonds is 3. The highest BCUT2D eigenvalue weighted by Crippen LogP contribution is 2.33. The lowest BCUT2D eigenvalue weighted by Gasteiger charge is -2.23. The van der Waals surface area contributed by atoms with Crippen LogP contribution in [0.25, 0.3) is 27.8 Å². The van der Waals surface area contributed by atoms with Crippen LogP contribution in [0.2, 0.25) is 0 Å². The van der Waals surface area contributed by atoms with Gasteiger partial charge in [0, 0.05) is 16.6 Å². The SMILES string of the molecule is Cc1ccc(-n2c(-c3ccccc3)c(C)c(=O)c3cccc(C(C)C)c32)cc1. The van der Waals surface area contributed by atoms with Gasteiger partial charge in [-0.05, 0) is 49.1 Å². The van der Waals surface area contributed by atoms with Gasteiger partial charge >= 0.3 is 0 Å². The molecule has 0 aliphatic heterocycles. The fourth-order valence-electron chi connectivity index (χ4n) is 3.94. The molecule has 0 saturated carbocycles. The van der Waals surface area contributed by atoms with Crippen molar-refractivity contribution in [1.82, 2.24) is 4.57 Å². The van der Waals surface area contributed by atoms with Crippen molar-refractivity contribution in [2.75, 3.05) is 0 Å². The van der Waals surface area contributed by atoms with Gasteiger partial charge in [0.25, 0.3) is 0 Å².